The summed E-state index contributed by atoms with van der Waals surface area (Å²) < 4.78 is 1.66. The summed E-state index contributed by atoms with van der Waals surface area (Å²) in [5.41, 5.74) is 1.85. The van der Waals surface area contributed by atoms with Crippen LogP contribution < -0.4 is 5.32 Å². The summed E-state index contributed by atoms with van der Waals surface area (Å²) >= 11 is 0. The Balaban J connectivity index is 1.54. The number of pyridine rings is 1. The fraction of sp³-hybridized carbons (Fsp3) is 0.300. The topological polar surface area (TPSA) is 80.1 Å². The standard InChI is InChI=1S/C20H21N5O2/c1-13-10-17(23-24(13)3)18(26)25-9-8-20(25,2)19(27)22-15-11-14-6-4-5-7-16(14)21-12-15/h4-7,10-12H,8-9H2,1-3H3,(H,22,27). The van der Waals surface area contributed by atoms with Gasteiger partial charge in [-0.25, -0.2) is 0 Å². The molecule has 1 aliphatic heterocycles. The van der Waals surface area contributed by atoms with Crippen molar-refractivity contribution in [2.45, 2.75) is 25.8 Å². The van der Waals surface area contributed by atoms with E-state index in [9.17, 15) is 9.59 Å². The number of carbonyl (C=O) groups is 2. The molecule has 3 aromatic rings. The molecule has 0 radical (unpaired) electrons. The van der Waals surface area contributed by atoms with Gasteiger partial charge >= 0.3 is 0 Å². The lowest BCUT2D eigenvalue weighted by Crippen LogP contribution is -2.66. The number of nitrogens with zero attached hydrogens (tertiary/aromatic N) is 4. The van der Waals surface area contributed by atoms with Crippen LogP contribution in [0.5, 0.6) is 0 Å². The van der Waals surface area contributed by atoms with Crippen molar-refractivity contribution in [1.82, 2.24) is 19.7 Å². The van der Waals surface area contributed by atoms with E-state index in [0.29, 0.717) is 24.3 Å². The van der Waals surface area contributed by atoms with Gasteiger partial charge in [0.1, 0.15) is 5.54 Å². The van der Waals surface area contributed by atoms with Gasteiger partial charge in [0, 0.05) is 24.7 Å². The molecule has 1 unspecified atom stereocenters. The van der Waals surface area contributed by atoms with E-state index < -0.39 is 5.54 Å². The second-order valence-corrected chi connectivity index (χ2v) is 7.15. The molecule has 3 heterocycles. The van der Waals surface area contributed by atoms with Gasteiger partial charge in [0.25, 0.3) is 5.91 Å². The van der Waals surface area contributed by atoms with E-state index in [4.69, 9.17) is 0 Å². The van der Waals surface area contributed by atoms with Crippen LogP contribution in [0.1, 0.15) is 29.5 Å². The van der Waals surface area contributed by atoms with E-state index in [1.54, 1.807) is 35.8 Å². The molecule has 1 aromatic carbocycles. The van der Waals surface area contributed by atoms with Gasteiger partial charge in [-0.3, -0.25) is 19.3 Å². The summed E-state index contributed by atoms with van der Waals surface area (Å²) in [6, 6.07) is 11.3. The van der Waals surface area contributed by atoms with Crippen molar-refractivity contribution < 1.29 is 9.59 Å². The average Bonchev–Trinajstić information content (AvgIpc) is 2.99. The Labute approximate surface area is 157 Å². The zero-order valence-electron chi connectivity index (χ0n) is 15.6. The van der Waals surface area contributed by atoms with Crippen molar-refractivity contribution in [1.29, 1.82) is 0 Å². The van der Waals surface area contributed by atoms with E-state index >= 15 is 0 Å². The predicted octanol–water partition coefficient (Wildman–Crippen LogP) is 2.52. The monoisotopic (exact) mass is 363 g/mol. The van der Waals surface area contributed by atoms with Crippen molar-refractivity contribution >= 4 is 28.4 Å². The predicted molar refractivity (Wildman–Crippen MR) is 102 cm³/mol. The van der Waals surface area contributed by atoms with Gasteiger partial charge in [-0.2, -0.15) is 5.10 Å². The third kappa shape index (κ3) is 2.85. The molecule has 1 fully saturated rings. The Morgan fingerprint density at radius 3 is 2.67 bits per heavy atom. The molecule has 1 atom stereocenters. The van der Waals surface area contributed by atoms with E-state index in [2.05, 4.69) is 15.4 Å². The second-order valence-electron chi connectivity index (χ2n) is 7.15. The number of aryl methyl sites for hydroxylation is 2. The Kier molecular flexibility index (Phi) is 3.95. The van der Waals surface area contributed by atoms with Crippen LogP contribution in [0.2, 0.25) is 0 Å². The van der Waals surface area contributed by atoms with Crippen molar-refractivity contribution in [3.8, 4) is 0 Å². The number of aromatic nitrogens is 3. The number of benzene rings is 1. The largest absolute Gasteiger partial charge is 0.323 e. The van der Waals surface area contributed by atoms with Crippen LogP contribution in [0.15, 0.2) is 42.6 Å². The number of nitrogens with one attached hydrogen (secondary N) is 1. The molecule has 0 aliphatic carbocycles. The molecule has 0 spiro atoms. The number of likely N-dealkylation sites (tertiary alicyclic amines) is 1. The zero-order chi connectivity index (χ0) is 19.2. The molecule has 138 valence electrons. The summed E-state index contributed by atoms with van der Waals surface area (Å²) in [6.45, 7) is 4.21. The first-order valence-electron chi connectivity index (χ1n) is 8.87. The van der Waals surface area contributed by atoms with Gasteiger partial charge in [-0.1, -0.05) is 18.2 Å². The number of rotatable bonds is 3. The van der Waals surface area contributed by atoms with Crippen molar-refractivity contribution in [2.75, 3.05) is 11.9 Å². The van der Waals surface area contributed by atoms with Crippen LogP contribution in [0.25, 0.3) is 10.9 Å². The minimum absolute atomic E-state index is 0.216. The van der Waals surface area contributed by atoms with Crippen LogP contribution in [0.3, 0.4) is 0 Å². The van der Waals surface area contributed by atoms with Crippen LogP contribution in [-0.4, -0.2) is 43.6 Å². The third-order valence-electron chi connectivity index (χ3n) is 5.33. The first-order chi connectivity index (χ1) is 12.9. The number of para-hydroxylation sites is 1. The highest BCUT2D eigenvalue weighted by molar-refractivity contribution is 6.04. The maximum absolute atomic E-state index is 12.9. The lowest BCUT2D eigenvalue weighted by Gasteiger charge is -2.48. The number of hydrogen-bond acceptors (Lipinski definition) is 4. The fourth-order valence-electron chi connectivity index (χ4n) is 3.33. The Bertz CT molecular complexity index is 1040. The molecule has 1 aliphatic rings. The molecule has 7 nitrogen and oxygen atoms in total. The molecule has 2 amide bonds. The molecule has 27 heavy (non-hydrogen) atoms. The third-order valence-corrected chi connectivity index (χ3v) is 5.33. The molecule has 4 rings (SSSR count). The SMILES string of the molecule is Cc1cc(C(=O)N2CCC2(C)C(=O)Nc2cnc3ccccc3c2)nn1C. The maximum Gasteiger partial charge on any atom is 0.275 e. The van der Waals surface area contributed by atoms with E-state index in [1.165, 1.54) is 0 Å². The minimum Gasteiger partial charge on any atom is -0.323 e. The molecule has 7 heteroatoms. The average molecular weight is 363 g/mol. The first-order valence-corrected chi connectivity index (χ1v) is 8.87. The number of amides is 2. The lowest BCUT2D eigenvalue weighted by molar-refractivity contribution is -0.132. The molecule has 0 saturated carbocycles. The van der Waals surface area contributed by atoms with Gasteiger partial charge in [0.15, 0.2) is 5.69 Å². The van der Waals surface area contributed by atoms with E-state index in [-0.39, 0.29) is 11.8 Å². The van der Waals surface area contributed by atoms with Crippen molar-refractivity contribution in [2.24, 2.45) is 7.05 Å². The van der Waals surface area contributed by atoms with Crippen LogP contribution >= 0.6 is 0 Å². The number of anilines is 1. The molecular weight excluding hydrogens is 342 g/mol. The summed E-state index contributed by atoms with van der Waals surface area (Å²) in [5.74, 6) is -0.439. The van der Waals surface area contributed by atoms with Crippen LogP contribution in [0, 0.1) is 6.92 Å². The van der Waals surface area contributed by atoms with Gasteiger partial charge < -0.3 is 10.2 Å². The normalized spacial score (nSPS) is 19.0. The van der Waals surface area contributed by atoms with Crippen molar-refractivity contribution in [3.63, 3.8) is 0 Å². The first kappa shape index (κ1) is 17.2. The summed E-state index contributed by atoms with van der Waals surface area (Å²) in [6.07, 6.45) is 2.24. The van der Waals surface area contributed by atoms with Gasteiger partial charge in [0.2, 0.25) is 5.91 Å². The number of carbonyl (C=O) groups excluding carboxylic acids is 2. The van der Waals surface area contributed by atoms with E-state index in [0.717, 1.165) is 16.6 Å². The summed E-state index contributed by atoms with van der Waals surface area (Å²) in [5, 5.41) is 8.10. The van der Waals surface area contributed by atoms with Crippen LogP contribution in [-0.2, 0) is 11.8 Å². The summed E-state index contributed by atoms with van der Waals surface area (Å²) in [7, 11) is 1.79. The Hall–Kier alpha value is -3.22. The van der Waals surface area contributed by atoms with Crippen molar-refractivity contribution in [3.05, 3.63) is 54.0 Å². The fourth-order valence-corrected chi connectivity index (χ4v) is 3.33. The molecule has 0 bridgehead atoms. The zero-order valence-corrected chi connectivity index (χ0v) is 15.6. The maximum atomic E-state index is 12.9. The smallest absolute Gasteiger partial charge is 0.275 e. The highest BCUT2D eigenvalue weighted by Gasteiger charge is 2.50. The van der Waals surface area contributed by atoms with Gasteiger partial charge in [-0.05, 0) is 38.5 Å². The molecule has 2 aromatic heterocycles. The second kappa shape index (κ2) is 6.19. The molecule has 1 saturated heterocycles. The van der Waals surface area contributed by atoms with Gasteiger partial charge in [0.05, 0.1) is 17.4 Å². The quantitative estimate of drug-likeness (QED) is 0.775. The summed E-state index contributed by atoms with van der Waals surface area (Å²) in [4.78, 5) is 31.7. The Morgan fingerprint density at radius 2 is 2.00 bits per heavy atom. The number of hydrogen-bond donors (Lipinski definition) is 1. The minimum atomic E-state index is -0.895. The number of fused-ring (bicyclic) bond motifs is 1. The Morgan fingerprint density at radius 1 is 1.22 bits per heavy atom. The lowest BCUT2D eigenvalue weighted by atomic mass is 9.85. The molecular formula is C20H21N5O2. The van der Waals surface area contributed by atoms with E-state index in [1.807, 2.05) is 37.3 Å². The highest BCUT2D eigenvalue weighted by atomic mass is 16.2. The van der Waals surface area contributed by atoms with Crippen LogP contribution in [0.4, 0.5) is 5.69 Å². The molecule has 1 N–H and O–H groups in total. The van der Waals surface area contributed by atoms with Gasteiger partial charge in [-0.15, -0.1) is 0 Å². The highest BCUT2D eigenvalue weighted by Crippen LogP contribution is 2.33.